The average Bonchev–Trinajstić information content (AvgIpc) is 2.83. The molecule has 0 fully saturated rings. The summed E-state index contributed by atoms with van der Waals surface area (Å²) >= 11 is 1.73. The van der Waals surface area contributed by atoms with E-state index < -0.39 is 0 Å². The van der Waals surface area contributed by atoms with Crippen LogP contribution in [0.1, 0.15) is 5.69 Å². The van der Waals surface area contributed by atoms with Gasteiger partial charge in [0.25, 0.3) is 0 Å². The zero-order valence-corrected chi connectivity index (χ0v) is 9.84. The fourth-order valence-electron chi connectivity index (χ4n) is 1.54. The highest BCUT2D eigenvalue weighted by molar-refractivity contribution is 7.13. The molecule has 3 nitrogen and oxygen atoms in total. The molecule has 0 bridgehead atoms. The van der Waals surface area contributed by atoms with Gasteiger partial charge < -0.3 is 5.32 Å². The Hall–Kier alpha value is -1.13. The van der Waals surface area contributed by atoms with Gasteiger partial charge in [-0.05, 0) is 24.6 Å². The van der Waals surface area contributed by atoms with Gasteiger partial charge in [0, 0.05) is 25.7 Å². The highest BCUT2D eigenvalue weighted by Crippen LogP contribution is 2.23. The molecule has 2 heterocycles. The molecule has 0 aliphatic carbocycles. The number of rotatable bonds is 4. The van der Waals surface area contributed by atoms with Crippen LogP contribution in [0.25, 0.3) is 10.6 Å². The van der Waals surface area contributed by atoms with Gasteiger partial charge in [-0.25, -0.2) is 0 Å². The third-order valence-corrected chi connectivity index (χ3v) is 3.27. The quantitative estimate of drug-likeness (QED) is 0.854. The maximum atomic E-state index is 4.51. The second-order valence-corrected chi connectivity index (χ2v) is 4.42. The monoisotopic (exact) mass is 221 g/mol. The Kier molecular flexibility index (Phi) is 3.18. The lowest BCUT2D eigenvalue weighted by Crippen LogP contribution is -2.12. The smallest absolute Gasteiger partial charge is 0.103 e. The van der Waals surface area contributed by atoms with Gasteiger partial charge in [0.05, 0.1) is 4.88 Å². The lowest BCUT2D eigenvalue weighted by Gasteiger charge is -1.99. The van der Waals surface area contributed by atoms with Crippen molar-refractivity contribution >= 4 is 11.3 Å². The summed E-state index contributed by atoms with van der Waals surface area (Å²) in [7, 11) is 3.97. The normalized spacial score (nSPS) is 10.8. The van der Waals surface area contributed by atoms with E-state index in [1.165, 1.54) is 10.6 Å². The van der Waals surface area contributed by atoms with Gasteiger partial charge in [0.1, 0.15) is 5.69 Å². The van der Waals surface area contributed by atoms with E-state index in [1.54, 1.807) is 11.3 Å². The zero-order chi connectivity index (χ0) is 10.7. The average molecular weight is 221 g/mol. The molecule has 0 saturated heterocycles. The Balaban J connectivity index is 2.21. The predicted molar refractivity (Wildman–Crippen MR) is 64.2 cm³/mol. The lowest BCUT2D eigenvalue weighted by atomic mass is 10.2. The van der Waals surface area contributed by atoms with Crippen LogP contribution in [-0.4, -0.2) is 23.4 Å². The largest absolute Gasteiger partial charge is 0.319 e. The maximum Gasteiger partial charge on any atom is 0.103 e. The molecule has 15 heavy (non-hydrogen) atoms. The second kappa shape index (κ2) is 4.59. The molecule has 0 aliphatic heterocycles. The SMILES string of the molecule is CNCCc1cc(-c2cccs2)nn1C. The van der Waals surface area contributed by atoms with Crippen LogP contribution in [-0.2, 0) is 13.5 Å². The molecule has 0 unspecified atom stereocenters. The zero-order valence-electron chi connectivity index (χ0n) is 9.03. The molecule has 0 spiro atoms. The Morgan fingerprint density at radius 1 is 1.53 bits per heavy atom. The Morgan fingerprint density at radius 3 is 3.07 bits per heavy atom. The first-order valence-electron chi connectivity index (χ1n) is 5.02. The Labute approximate surface area is 93.7 Å². The molecule has 0 saturated carbocycles. The maximum absolute atomic E-state index is 4.51. The molecular weight excluding hydrogens is 206 g/mol. The summed E-state index contributed by atoms with van der Waals surface area (Å²) in [5.41, 5.74) is 2.35. The van der Waals surface area contributed by atoms with Gasteiger partial charge in [-0.1, -0.05) is 6.07 Å². The van der Waals surface area contributed by atoms with Gasteiger partial charge in [-0.2, -0.15) is 5.10 Å². The molecule has 1 N–H and O–H groups in total. The molecule has 2 aromatic heterocycles. The van der Waals surface area contributed by atoms with Crippen LogP contribution in [0, 0.1) is 0 Å². The van der Waals surface area contributed by atoms with E-state index in [2.05, 4.69) is 34.0 Å². The number of nitrogens with one attached hydrogen (secondary N) is 1. The van der Waals surface area contributed by atoms with Gasteiger partial charge in [-0.15, -0.1) is 11.3 Å². The highest BCUT2D eigenvalue weighted by Gasteiger charge is 2.06. The second-order valence-electron chi connectivity index (χ2n) is 3.48. The van der Waals surface area contributed by atoms with Crippen molar-refractivity contribution in [3.63, 3.8) is 0 Å². The van der Waals surface area contributed by atoms with E-state index in [1.807, 2.05) is 18.8 Å². The standard InChI is InChI=1S/C11H15N3S/c1-12-6-5-9-8-10(13-14(9)2)11-4-3-7-15-11/h3-4,7-8,12H,5-6H2,1-2H3. The predicted octanol–water partition coefficient (Wildman–Crippen LogP) is 1.91. The minimum absolute atomic E-state index is 0.989. The van der Waals surface area contributed by atoms with Crippen molar-refractivity contribution in [1.82, 2.24) is 15.1 Å². The van der Waals surface area contributed by atoms with Crippen LogP contribution in [0.3, 0.4) is 0 Å². The summed E-state index contributed by atoms with van der Waals surface area (Å²) in [5, 5.41) is 9.73. The molecule has 2 aromatic rings. The molecular formula is C11H15N3S. The van der Waals surface area contributed by atoms with Crippen molar-refractivity contribution in [2.45, 2.75) is 6.42 Å². The van der Waals surface area contributed by atoms with Crippen LogP contribution in [0.2, 0.25) is 0 Å². The summed E-state index contributed by atoms with van der Waals surface area (Å²) < 4.78 is 1.96. The third kappa shape index (κ3) is 2.27. The van der Waals surface area contributed by atoms with Crippen molar-refractivity contribution < 1.29 is 0 Å². The third-order valence-electron chi connectivity index (χ3n) is 2.38. The molecule has 0 aromatic carbocycles. The summed E-state index contributed by atoms with van der Waals surface area (Å²) in [6.07, 6.45) is 1.02. The molecule has 80 valence electrons. The van der Waals surface area contributed by atoms with Gasteiger partial charge in [0.15, 0.2) is 0 Å². The summed E-state index contributed by atoms with van der Waals surface area (Å²) in [5.74, 6) is 0. The van der Waals surface area contributed by atoms with Crippen molar-refractivity contribution in [2.24, 2.45) is 7.05 Å². The topological polar surface area (TPSA) is 29.9 Å². The number of hydrogen-bond acceptors (Lipinski definition) is 3. The highest BCUT2D eigenvalue weighted by atomic mass is 32.1. The summed E-state index contributed by atoms with van der Waals surface area (Å²) in [6.45, 7) is 0.989. The molecule has 0 radical (unpaired) electrons. The van der Waals surface area contributed by atoms with Crippen LogP contribution in [0.4, 0.5) is 0 Å². The summed E-state index contributed by atoms with van der Waals surface area (Å²) in [6, 6.07) is 6.33. The van der Waals surface area contributed by atoms with E-state index >= 15 is 0 Å². The number of thiophene rings is 1. The van der Waals surface area contributed by atoms with Crippen LogP contribution >= 0.6 is 11.3 Å². The van der Waals surface area contributed by atoms with Gasteiger partial charge in [0.2, 0.25) is 0 Å². The first-order valence-corrected chi connectivity index (χ1v) is 5.90. The van der Waals surface area contributed by atoms with Crippen LogP contribution in [0.15, 0.2) is 23.6 Å². The number of hydrogen-bond donors (Lipinski definition) is 1. The van der Waals surface area contributed by atoms with E-state index in [9.17, 15) is 0 Å². The summed E-state index contributed by atoms with van der Waals surface area (Å²) in [4.78, 5) is 1.24. The molecule has 4 heteroatoms. The molecule has 0 amide bonds. The van der Waals surface area contributed by atoms with E-state index in [0.717, 1.165) is 18.7 Å². The van der Waals surface area contributed by atoms with E-state index in [0.29, 0.717) is 0 Å². The first kappa shape index (κ1) is 10.4. The fraction of sp³-hybridized carbons (Fsp3) is 0.364. The van der Waals surface area contributed by atoms with E-state index in [4.69, 9.17) is 0 Å². The van der Waals surface area contributed by atoms with Gasteiger partial charge >= 0.3 is 0 Å². The number of likely N-dealkylation sites (N-methyl/N-ethyl adjacent to an activating group) is 1. The lowest BCUT2D eigenvalue weighted by molar-refractivity contribution is 0.683. The van der Waals surface area contributed by atoms with Crippen molar-refractivity contribution in [1.29, 1.82) is 0 Å². The number of nitrogens with zero attached hydrogens (tertiary/aromatic N) is 2. The van der Waals surface area contributed by atoms with Crippen molar-refractivity contribution in [2.75, 3.05) is 13.6 Å². The van der Waals surface area contributed by atoms with Gasteiger partial charge in [-0.3, -0.25) is 4.68 Å². The van der Waals surface area contributed by atoms with Crippen molar-refractivity contribution in [3.8, 4) is 10.6 Å². The van der Waals surface area contributed by atoms with E-state index in [-0.39, 0.29) is 0 Å². The molecule has 2 rings (SSSR count). The molecule has 0 aliphatic rings. The minimum Gasteiger partial charge on any atom is -0.319 e. The fourth-order valence-corrected chi connectivity index (χ4v) is 2.22. The number of aromatic nitrogens is 2. The Morgan fingerprint density at radius 2 is 2.40 bits per heavy atom. The first-order chi connectivity index (χ1) is 7.31. The minimum atomic E-state index is 0.989. The van der Waals surface area contributed by atoms with Crippen LogP contribution < -0.4 is 5.32 Å². The number of aryl methyl sites for hydroxylation is 1. The van der Waals surface area contributed by atoms with Crippen LogP contribution in [0.5, 0.6) is 0 Å². The van der Waals surface area contributed by atoms with Crippen molar-refractivity contribution in [3.05, 3.63) is 29.3 Å². The Bertz CT molecular complexity index is 417. The molecule has 0 atom stereocenters.